The number of nitrogens with one attached hydrogen (secondary N) is 2. The molecule has 7 rings (SSSR count). The van der Waals surface area contributed by atoms with Gasteiger partial charge in [-0.25, -0.2) is 15.0 Å². The molecule has 0 aliphatic carbocycles. The lowest BCUT2D eigenvalue weighted by Gasteiger charge is -2.40. The van der Waals surface area contributed by atoms with Gasteiger partial charge in [0.25, 0.3) is 7.82 Å². The number of aliphatic hydroxyl groups is 10. The Morgan fingerprint density at radius 2 is 0.946 bits per heavy atom. The molecule has 2 aromatic rings. The number of ketones is 5. The van der Waals surface area contributed by atoms with Gasteiger partial charge in [-0.05, 0) is 83.5 Å². The summed E-state index contributed by atoms with van der Waals surface area (Å²) in [5, 5.41) is 107. The highest BCUT2D eigenvalue weighted by Gasteiger charge is 2.47. The second kappa shape index (κ2) is 56.8. The third-order valence-corrected chi connectivity index (χ3v) is 26.5. The van der Waals surface area contributed by atoms with Crippen LogP contribution in [0.4, 0.5) is 5.82 Å². The third-order valence-electron chi connectivity index (χ3n) is 23.7. The van der Waals surface area contributed by atoms with Gasteiger partial charge in [0.05, 0.1) is 116 Å². The van der Waals surface area contributed by atoms with Crippen molar-refractivity contribution in [3.05, 3.63) is 12.7 Å². The first-order chi connectivity index (χ1) is 61.5. The first kappa shape index (κ1) is 111. The molecule has 45 heteroatoms. The number of carbonyl (C=O) groups is 8. The van der Waals surface area contributed by atoms with E-state index in [-0.39, 0.29) is 182 Å². The molecule has 5 fully saturated rings. The fourth-order valence-corrected chi connectivity index (χ4v) is 17.2. The zero-order valence-corrected chi connectivity index (χ0v) is 76.6. The van der Waals surface area contributed by atoms with Crippen LogP contribution in [-0.2, 0) is 108 Å². The number of carbonyl (C=O) groups excluding carboxylic acids is 8. The van der Waals surface area contributed by atoms with E-state index in [2.05, 4.69) is 25.6 Å². The van der Waals surface area contributed by atoms with Crippen LogP contribution in [0.2, 0.25) is 0 Å². The zero-order chi connectivity index (χ0) is 94.4. The molecule has 22 atom stereocenters. The molecule has 3 amide bonds. The molecule has 5 aliphatic heterocycles. The van der Waals surface area contributed by atoms with Gasteiger partial charge in [0.15, 0.2) is 30.3 Å². The number of nitrogen functional groups attached to an aromatic ring is 1. The lowest BCUT2D eigenvalue weighted by atomic mass is 9.92. The van der Waals surface area contributed by atoms with E-state index < -0.39 is 226 Å². The summed E-state index contributed by atoms with van der Waals surface area (Å²) in [7, 11) is -9.94. The summed E-state index contributed by atoms with van der Waals surface area (Å²) < 4.78 is 103. The van der Waals surface area contributed by atoms with E-state index in [1.54, 1.807) is 20.8 Å². The van der Waals surface area contributed by atoms with Gasteiger partial charge in [0.1, 0.15) is 109 Å². The summed E-state index contributed by atoms with van der Waals surface area (Å²) in [5.41, 5.74) is 3.71. The predicted molar refractivity (Wildman–Crippen MR) is 452 cm³/mol. The van der Waals surface area contributed by atoms with Crippen LogP contribution in [-0.4, -0.2) is 337 Å². The van der Waals surface area contributed by atoms with E-state index in [0.29, 0.717) is 89.9 Å². The number of phosphoric ester groups is 1. The standard InChI is InChI=1S/C84H142N8O35P2/c1-52(2)128(111,112)121-46-67-63(39-71(123-67)92-51-89-72-79(85)87-50-88-80(72)92)127-129(113,114)122-45-56-38-62(101)41-91(56)70(104)40-69(103)90-84(47-115-35-28-60(99)22-10-6-8-20-57(96)25-13-17-32-118-81-53(3)73(105)76(108)64(42-93)124-81,48-116-36-29-61(100)23-11-7-9-21-58(97)26-14-18-33-119-82-54(4)74(106)77(109)65(43-94)125-82)49-117-37-30-68(102)86-31-16-12-24-59(98)27-15-19-34-120-83-55(5)75(107)78(110)66(44-95)126-83/h50-56,62-67,71,73-78,81-83,93-95,101,105-110H,6-49H2,1-5H3,(H,86,102)(H,90,103)(H,111,112)(H,113,114)(H2,85,87,88)/p-2/t53?,54?,55?,56-,62+,63-,64?,65?,66?,67+,71?,73+,74+,75+,76-,77-,78-,81+,82+,83+,84?/m0/s1. The normalized spacial score (nSPS) is 28.1. The van der Waals surface area contributed by atoms with Crippen LogP contribution in [0.5, 0.6) is 0 Å². The molecule has 129 heavy (non-hydrogen) atoms. The number of Topliss-reactive ketones (excluding diaryl/α,β-unsaturated/α-hetero) is 5. The number of nitrogens with zero attached hydrogens (tertiary/aromatic N) is 5. The lowest BCUT2D eigenvalue weighted by molar-refractivity contribution is -0.282. The summed E-state index contributed by atoms with van der Waals surface area (Å²) in [4.78, 5) is 148. The van der Waals surface area contributed by atoms with Crippen molar-refractivity contribution in [1.29, 1.82) is 0 Å². The molecular weight excluding hydrogens is 1740 g/mol. The summed E-state index contributed by atoms with van der Waals surface area (Å²) in [6, 6.07) is -1.18. The van der Waals surface area contributed by atoms with Crippen LogP contribution >= 0.6 is 15.4 Å². The summed E-state index contributed by atoms with van der Waals surface area (Å²) in [6.45, 7) is 3.27. The van der Waals surface area contributed by atoms with E-state index in [1.807, 2.05) is 0 Å². The van der Waals surface area contributed by atoms with Crippen LogP contribution in [0.15, 0.2) is 12.7 Å². The number of hydrogen-bond acceptors (Lipinski definition) is 39. The maximum absolute atomic E-state index is 14.6. The second-order valence-electron chi connectivity index (χ2n) is 34.6. The number of likely N-dealkylation sites (tertiary alicyclic amines) is 1. The highest BCUT2D eigenvalue weighted by atomic mass is 31.2. The van der Waals surface area contributed by atoms with E-state index in [4.69, 9.17) is 66.7 Å². The fraction of sp³-hybridized carbons (Fsp3) is 0.845. The van der Waals surface area contributed by atoms with Crippen molar-refractivity contribution in [2.75, 3.05) is 111 Å². The molecule has 0 spiro atoms. The molecule has 5 aliphatic rings. The largest absolute Gasteiger partial charge is 0.778 e. The van der Waals surface area contributed by atoms with Gasteiger partial charge in [0.2, 0.25) is 17.7 Å². The highest BCUT2D eigenvalue weighted by molar-refractivity contribution is 7.52. The van der Waals surface area contributed by atoms with Gasteiger partial charge >= 0.3 is 0 Å². The van der Waals surface area contributed by atoms with Crippen molar-refractivity contribution in [3.8, 4) is 0 Å². The zero-order valence-electron chi connectivity index (χ0n) is 74.8. The molecule has 14 N–H and O–H groups in total. The number of phosphoric acid groups is 1. The predicted octanol–water partition coefficient (Wildman–Crippen LogP) is 0.791. The van der Waals surface area contributed by atoms with Crippen molar-refractivity contribution < 1.29 is 169 Å². The number of amides is 3. The van der Waals surface area contributed by atoms with Crippen molar-refractivity contribution in [1.82, 2.24) is 35.1 Å². The number of imidazole rings is 1. The number of nitrogens with two attached hydrogens (primary N) is 1. The van der Waals surface area contributed by atoms with Gasteiger partial charge in [-0.3, -0.25) is 47.5 Å². The maximum atomic E-state index is 14.6. The summed E-state index contributed by atoms with van der Waals surface area (Å²) in [6.07, 6.45) is -8.12. The Balaban J connectivity index is 0.953. The minimum atomic E-state index is -5.44. The van der Waals surface area contributed by atoms with E-state index in [0.717, 1.165) is 4.90 Å². The molecule has 2 aromatic heterocycles. The minimum Gasteiger partial charge on any atom is -0.778 e. The lowest BCUT2D eigenvalue weighted by Crippen LogP contribution is -2.59. The first-order valence-corrected chi connectivity index (χ1v) is 48.3. The Hall–Kier alpha value is -5.43. The molecule has 0 aromatic carbocycles. The Bertz CT molecular complexity index is 3620. The van der Waals surface area contributed by atoms with Crippen LogP contribution in [0.3, 0.4) is 0 Å². The molecular formula is C84H140N8O35P2-2. The molecule has 9 unspecified atom stereocenters. The number of unbranched alkanes of at least 4 members (excludes halogenated alkanes) is 8. The number of aliphatic hydroxyl groups excluding tert-OH is 10. The number of anilines is 1. The van der Waals surface area contributed by atoms with Gasteiger partial charge in [-0.2, -0.15) is 0 Å². The highest BCUT2D eigenvalue weighted by Crippen LogP contribution is 2.49. The molecule has 5 saturated heterocycles. The van der Waals surface area contributed by atoms with Crippen LogP contribution in [0.1, 0.15) is 221 Å². The number of aromatic nitrogens is 4. The van der Waals surface area contributed by atoms with E-state index in [1.165, 1.54) is 31.1 Å². The van der Waals surface area contributed by atoms with Crippen molar-refractivity contribution in [3.63, 3.8) is 0 Å². The quantitative estimate of drug-likeness (QED) is 0.0247. The summed E-state index contributed by atoms with van der Waals surface area (Å²) >= 11 is 0. The van der Waals surface area contributed by atoms with Gasteiger partial charge in [0, 0.05) is 133 Å². The van der Waals surface area contributed by atoms with Crippen LogP contribution in [0.25, 0.3) is 11.2 Å². The van der Waals surface area contributed by atoms with Gasteiger partial charge in [-0.15, -0.1) is 0 Å². The number of fused-ring (bicyclic) bond motifs is 1. The molecule has 738 valence electrons. The number of rotatable bonds is 66. The van der Waals surface area contributed by atoms with Crippen molar-refractivity contribution >= 4 is 79.0 Å². The maximum Gasteiger partial charge on any atom is 0.268 e. The first-order valence-electron chi connectivity index (χ1n) is 45.3. The molecule has 0 bridgehead atoms. The monoisotopic (exact) mass is 1880 g/mol. The smallest absolute Gasteiger partial charge is 0.268 e. The topological polar surface area (TPSA) is 636 Å². The Kier molecular flexibility index (Phi) is 48.7. The van der Waals surface area contributed by atoms with Crippen LogP contribution in [0, 0.1) is 17.8 Å². The average Bonchev–Trinajstić information content (AvgIpc) is 1.63. The molecule has 0 radical (unpaired) electrons. The molecule has 0 saturated carbocycles. The average molecular weight is 1880 g/mol. The molecule has 7 heterocycles. The Labute approximate surface area is 752 Å². The third kappa shape index (κ3) is 37.0. The van der Waals surface area contributed by atoms with Crippen molar-refractivity contribution in [2.45, 2.75) is 330 Å². The van der Waals surface area contributed by atoms with Gasteiger partial charge < -0.3 is 148 Å². The fourth-order valence-electron chi connectivity index (χ4n) is 15.6. The Morgan fingerprint density at radius 1 is 0.519 bits per heavy atom. The summed E-state index contributed by atoms with van der Waals surface area (Å²) in [5.74, 6) is -4.25. The van der Waals surface area contributed by atoms with E-state index >= 15 is 0 Å². The van der Waals surface area contributed by atoms with Crippen LogP contribution < -0.4 is 26.2 Å². The number of β-amino-alcohol motifs (C(OH)–C–C–N with tert-alkyl or cyclic N) is 1. The minimum absolute atomic E-state index is 0.00119. The molecule has 43 nitrogen and oxygen atoms in total. The number of ether oxygens (including phenoxy) is 10. The second-order valence-corrected chi connectivity index (χ2v) is 38.3. The Morgan fingerprint density at radius 3 is 1.39 bits per heavy atom. The number of hydrogen-bond donors (Lipinski definition) is 13. The SMILES string of the molecule is CC1[C@H](OCCCCC(=O)CCCCCC(=O)CCOCC(COCCC(=O)CCCCCC(=O)CCCCO[C@@H]2OC(CO)[C@H](O)[C@H](O)C2C)(COCCC(=O)NCCCCC(=O)CCCCO[C@@H]2OC(CO)[C@H](O)[C@H](O)C2C)NC(=O)CC(=O)N2C[C@H](O)C[C@H]2COP(=O)([O-])O[C@H]2CC(n3cnc4c(N)ncnc43)O[C@@H]2COP(=O)([O-])C(C)C)OC(CO)[C@H](O)[C@@H]1O. The van der Waals surface area contributed by atoms with Crippen molar-refractivity contribution in [2.24, 2.45) is 17.8 Å². The van der Waals surface area contributed by atoms with E-state index in [9.17, 15) is 108 Å². The van der Waals surface area contributed by atoms with Gasteiger partial charge in [-0.1, -0.05) is 47.5 Å².